The summed E-state index contributed by atoms with van der Waals surface area (Å²) in [6, 6.07) is 8.19. The van der Waals surface area contributed by atoms with E-state index in [1.54, 1.807) is 24.1 Å². The smallest absolute Gasteiger partial charge is 0.274 e. The van der Waals surface area contributed by atoms with Gasteiger partial charge in [-0.05, 0) is 59.1 Å². The largest absolute Gasteiger partial charge is 0.339 e. The van der Waals surface area contributed by atoms with Crippen molar-refractivity contribution in [3.63, 3.8) is 0 Å². The molecule has 0 atom stereocenters. The third kappa shape index (κ3) is 2.50. The maximum Gasteiger partial charge on any atom is 0.274 e. The van der Waals surface area contributed by atoms with E-state index < -0.39 is 0 Å². The molecule has 1 aliphatic rings. The van der Waals surface area contributed by atoms with Gasteiger partial charge >= 0.3 is 0 Å². The van der Waals surface area contributed by atoms with Crippen LogP contribution >= 0.6 is 15.9 Å². The Balaban J connectivity index is 1.90. The molecule has 1 aliphatic carbocycles. The van der Waals surface area contributed by atoms with Gasteiger partial charge in [-0.1, -0.05) is 0 Å². The van der Waals surface area contributed by atoms with Crippen LogP contribution in [0.25, 0.3) is 0 Å². The Morgan fingerprint density at radius 3 is 2.60 bits per heavy atom. The van der Waals surface area contributed by atoms with Gasteiger partial charge in [0.2, 0.25) is 0 Å². The molecule has 5 heteroatoms. The lowest BCUT2D eigenvalue weighted by atomic mass is 10.2. The molecule has 0 bridgehead atoms. The first kappa shape index (κ1) is 13.4. The van der Waals surface area contributed by atoms with Crippen LogP contribution in [0.2, 0.25) is 0 Å². The molecule has 3 rings (SSSR count). The van der Waals surface area contributed by atoms with Crippen molar-refractivity contribution in [2.45, 2.75) is 18.9 Å². The van der Waals surface area contributed by atoms with Gasteiger partial charge in [0, 0.05) is 29.4 Å². The first-order valence-corrected chi connectivity index (χ1v) is 7.26. The van der Waals surface area contributed by atoms with Crippen molar-refractivity contribution in [1.82, 2.24) is 4.57 Å². The van der Waals surface area contributed by atoms with E-state index in [1.807, 2.05) is 16.8 Å². The number of amides is 1. The first-order valence-electron chi connectivity index (χ1n) is 6.47. The summed E-state index contributed by atoms with van der Waals surface area (Å²) in [5.74, 6) is -0.395. The Labute approximate surface area is 125 Å². The summed E-state index contributed by atoms with van der Waals surface area (Å²) in [4.78, 5) is 14.1. The minimum atomic E-state index is -0.307. The Hall–Kier alpha value is -1.62. The molecule has 0 N–H and O–H groups in total. The van der Waals surface area contributed by atoms with E-state index in [4.69, 9.17) is 0 Å². The standard InChI is InChI=1S/C15H14BrFN2O/c1-18(12-4-2-11(17)3-5-12)15(20)14-8-10(16)9-19(14)13-6-7-13/h2-5,8-9,13H,6-7H2,1H3. The third-order valence-corrected chi connectivity index (χ3v) is 3.93. The number of carbonyl (C=O) groups excluding carboxylic acids is 1. The number of aromatic nitrogens is 1. The van der Waals surface area contributed by atoms with E-state index >= 15 is 0 Å². The molecule has 1 amide bonds. The minimum Gasteiger partial charge on any atom is -0.339 e. The summed E-state index contributed by atoms with van der Waals surface area (Å²) < 4.78 is 15.9. The van der Waals surface area contributed by atoms with E-state index in [-0.39, 0.29) is 11.7 Å². The van der Waals surface area contributed by atoms with Crippen molar-refractivity contribution in [2.24, 2.45) is 0 Å². The zero-order valence-corrected chi connectivity index (χ0v) is 12.6. The Kier molecular flexibility index (Phi) is 3.38. The van der Waals surface area contributed by atoms with Gasteiger partial charge in [-0.2, -0.15) is 0 Å². The quantitative estimate of drug-likeness (QED) is 0.831. The van der Waals surface area contributed by atoms with Gasteiger partial charge in [0.1, 0.15) is 11.5 Å². The lowest BCUT2D eigenvalue weighted by molar-refractivity contribution is 0.0984. The number of hydrogen-bond acceptors (Lipinski definition) is 1. The summed E-state index contributed by atoms with van der Waals surface area (Å²) in [5.41, 5.74) is 1.34. The predicted octanol–water partition coefficient (Wildman–Crippen LogP) is 4.00. The molecule has 1 fully saturated rings. The Morgan fingerprint density at radius 1 is 1.35 bits per heavy atom. The number of carbonyl (C=O) groups is 1. The number of hydrogen-bond donors (Lipinski definition) is 0. The van der Waals surface area contributed by atoms with E-state index in [0.29, 0.717) is 17.4 Å². The van der Waals surface area contributed by atoms with Crippen LogP contribution in [0.5, 0.6) is 0 Å². The topological polar surface area (TPSA) is 25.2 Å². The van der Waals surface area contributed by atoms with Crippen LogP contribution < -0.4 is 4.90 Å². The number of halogens is 2. The molecule has 104 valence electrons. The second-order valence-electron chi connectivity index (χ2n) is 5.02. The molecule has 20 heavy (non-hydrogen) atoms. The van der Waals surface area contributed by atoms with Crippen LogP contribution in [-0.4, -0.2) is 17.5 Å². The second-order valence-corrected chi connectivity index (χ2v) is 5.94. The van der Waals surface area contributed by atoms with Gasteiger partial charge in [0.25, 0.3) is 5.91 Å². The number of nitrogens with zero attached hydrogens (tertiary/aromatic N) is 2. The van der Waals surface area contributed by atoms with Crippen LogP contribution in [0.15, 0.2) is 41.0 Å². The molecule has 0 saturated heterocycles. The Bertz CT molecular complexity index is 646. The molecular weight excluding hydrogens is 323 g/mol. The van der Waals surface area contributed by atoms with Crippen LogP contribution in [-0.2, 0) is 0 Å². The van der Waals surface area contributed by atoms with Gasteiger partial charge in [0.05, 0.1) is 0 Å². The highest BCUT2D eigenvalue weighted by Gasteiger charge is 2.29. The SMILES string of the molecule is CN(C(=O)c1cc(Br)cn1C1CC1)c1ccc(F)cc1. The van der Waals surface area contributed by atoms with E-state index in [2.05, 4.69) is 15.9 Å². The number of anilines is 1. The highest BCUT2D eigenvalue weighted by Crippen LogP contribution is 2.37. The predicted molar refractivity (Wildman–Crippen MR) is 79.5 cm³/mol. The van der Waals surface area contributed by atoms with Gasteiger partial charge in [-0.15, -0.1) is 0 Å². The third-order valence-electron chi connectivity index (χ3n) is 3.49. The van der Waals surface area contributed by atoms with Crippen molar-refractivity contribution in [1.29, 1.82) is 0 Å². The number of benzene rings is 1. The highest BCUT2D eigenvalue weighted by molar-refractivity contribution is 9.10. The van der Waals surface area contributed by atoms with Crippen LogP contribution in [0, 0.1) is 5.82 Å². The van der Waals surface area contributed by atoms with E-state index in [1.165, 1.54) is 12.1 Å². The van der Waals surface area contributed by atoms with Gasteiger partial charge in [-0.3, -0.25) is 4.79 Å². The van der Waals surface area contributed by atoms with Gasteiger partial charge in [-0.25, -0.2) is 4.39 Å². The molecule has 1 heterocycles. The maximum atomic E-state index is 12.9. The Morgan fingerprint density at radius 2 is 2.00 bits per heavy atom. The zero-order valence-electron chi connectivity index (χ0n) is 11.0. The fourth-order valence-corrected chi connectivity index (χ4v) is 2.66. The summed E-state index contributed by atoms with van der Waals surface area (Å²) in [5, 5.41) is 0. The highest BCUT2D eigenvalue weighted by atomic mass is 79.9. The van der Waals surface area contributed by atoms with Crippen molar-refractivity contribution in [2.75, 3.05) is 11.9 Å². The van der Waals surface area contributed by atoms with Crippen LogP contribution in [0.3, 0.4) is 0 Å². The molecule has 1 aromatic carbocycles. The molecule has 0 radical (unpaired) electrons. The fourth-order valence-electron chi connectivity index (χ4n) is 2.23. The monoisotopic (exact) mass is 336 g/mol. The van der Waals surface area contributed by atoms with Gasteiger partial charge < -0.3 is 9.47 Å². The van der Waals surface area contributed by atoms with Crippen molar-refractivity contribution < 1.29 is 9.18 Å². The summed E-state index contributed by atoms with van der Waals surface area (Å²) in [7, 11) is 1.70. The summed E-state index contributed by atoms with van der Waals surface area (Å²) in [6.45, 7) is 0. The number of rotatable bonds is 3. The maximum absolute atomic E-state index is 12.9. The van der Waals surface area contributed by atoms with E-state index in [9.17, 15) is 9.18 Å². The summed E-state index contributed by atoms with van der Waals surface area (Å²) in [6.07, 6.45) is 4.17. The van der Waals surface area contributed by atoms with E-state index in [0.717, 1.165) is 17.3 Å². The minimum absolute atomic E-state index is 0.0887. The summed E-state index contributed by atoms with van der Waals surface area (Å²) >= 11 is 3.42. The van der Waals surface area contributed by atoms with Crippen LogP contribution in [0.4, 0.5) is 10.1 Å². The molecule has 1 aromatic heterocycles. The molecule has 1 saturated carbocycles. The molecule has 3 nitrogen and oxygen atoms in total. The lowest BCUT2D eigenvalue weighted by Gasteiger charge is -2.18. The average molecular weight is 337 g/mol. The molecular formula is C15H14BrFN2O. The molecule has 0 unspecified atom stereocenters. The molecule has 0 aliphatic heterocycles. The van der Waals surface area contributed by atoms with Crippen molar-refractivity contribution >= 4 is 27.5 Å². The fraction of sp³-hybridized carbons (Fsp3) is 0.267. The average Bonchev–Trinajstić information content (AvgIpc) is 3.21. The van der Waals surface area contributed by atoms with Crippen LogP contribution in [0.1, 0.15) is 29.4 Å². The van der Waals surface area contributed by atoms with Crippen molar-refractivity contribution in [3.8, 4) is 0 Å². The van der Waals surface area contributed by atoms with Gasteiger partial charge in [0.15, 0.2) is 0 Å². The molecule has 0 spiro atoms. The zero-order chi connectivity index (χ0) is 14.3. The molecule has 2 aromatic rings. The second kappa shape index (κ2) is 5.05. The first-order chi connectivity index (χ1) is 9.56. The normalized spacial score (nSPS) is 14.3. The van der Waals surface area contributed by atoms with Crippen molar-refractivity contribution in [3.05, 3.63) is 52.5 Å². The lowest BCUT2D eigenvalue weighted by Crippen LogP contribution is -2.28.